The van der Waals surface area contributed by atoms with E-state index in [0.29, 0.717) is 25.3 Å². The molecule has 1 aromatic heterocycles. The van der Waals surface area contributed by atoms with Gasteiger partial charge in [-0.05, 0) is 43.0 Å². The Morgan fingerprint density at radius 1 is 1.24 bits per heavy atom. The Bertz CT molecular complexity index is 1110. The van der Waals surface area contributed by atoms with Crippen molar-refractivity contribution in [1.82, 2.24) is 20.9 Å². The zero-order valence-electron chi connectivity index (χ0n) is 19.2. The number of hydrogen-bond donors (Lipinski definition) is 4. The van der Waals surface area contributed by atoms with Crippen LogP contribution in [0.5, 0.6) is 0 Å². The first-order valence-electron chi connectivity index (χ1n) is 11.7. The van der Waals surface area contributed by atoms with Crippen LogP contribution >= 0.6 is 0 Å². The van der Waals surface area contributed by atoms with Gasteiger partial charge in [-0.3, -0.25) is 0 Å². The first-order valence-corrected chi connectivity index (χ1v) is 11.7. The van der Waals surface area contributed by atoms with E-state index in [1.54, 1.807) is 6.20 Å². The Morgan fingerprint density at radius 2 is 2.06 bits per heavy atom. The monoisotopic (exact) mass is 462 g/mol. The third-order valence-corrected chi connectivity index (χ3v) is 6.88. The summed E-state index contributed by atoms with van der Waals surface area (Å²) in [5, 5.41) is 19.9. The number of carbonyl (C=O) groups excluding carboxylic acids is 1. The molecule has 8 heteroatoms. The number of oxazole rings is 1. The van der Waals surface area contributed by atoms with E-state index in [9.17, 15) is 9.90 Å². The van der Waals surface area contributed by atoms with Gasteiger partial charge in [0.25, 0.3) is 0 Å². The quantitative estimate of drug-likeness (QED) is 0.408. The highest BCUT2D eigenvalue weighted by molar-refractivity contribution is 5.67. The number of benzene rings is 2. The van der Waals surface area contributed by atoms with Crippen LogP contribution in [0.1, 0.15) is 29.5 Å². The van der Waals surface area contributed by atoms with Crippen molar-refractivity contribution in [2.45, 2.75) is 49.6 Å². The van der Waals surface area contributed by atoms with Crippen molar-refractivity contribution in [2.75, 3.05) is 13.6 Å². The molecule has 0 spiro atoms. The second kappa shape index (κ2) is 9.58. The van der Waals surface area contributed by atoms with Crippen molar-refractivity contribution < 1.29 is 19.1 Å². The van der Waals surface area contributed by atoms with Crippen LogP contribution in [-0.4, -0.2) is 48.0 Å². The van der Waals surface area contributed by atoms with Crippen molar-refractivity contribution in [2.24, 2.45) is 0 Å². The second-order valence-electron chi connectivity index (χ2n) is 9.10. The van der Waals surface area contributed by atoms with Crippen molar-refractivity contribution >= 4 is 6.09 Å². The predicted molar refractivity (Wildman–Crippen MR) is 127 cm³/mol. The number of β-amino-alcohol motifs (C(OH)–C–C–N with tert-alkyl or cyclic N) is 1. The molecular formula is C26H30N4O4. The van der Waals surface area contributed by atoms with Gasteiger partial charge in [-0.2, -0.15) is 0 Å². The first kappa shape index (κ1) is 22.6. The van der Waals surface area contributed by atoms with Gasteiger partial charge in [0.05, 0.1) is 12.2 Å². The van der Waals surface area contributed by atoms with E-state index >= 15 is 0 Å². The van der Waals surface area contributed by atoms with Gasteiger partial charge in [0.15, 0.2) is 12.2 Å². The lowest BCUT2D eigenvalue weighted by Crippen LogP contribution is -2.41. The number of rotatable bonds is 8. The van der Waals surface area contributed by atoms with Crippen LogP contribution in [0.4, 0.5) is 4.79 Å². The fourth-order valence-corrected chi connectivity index (χ4v) is 4.67. The number of aromatic nitrogens is 1. The van der Waals surface area contributed by atoms with Crippen LogP contribution < -0.4 is 16.0 Å². The molecule has 3 atom stereocenters. The molecule has 178 valence electrons. The lowest BCUT2D eigenvalue weighted by molar-refractivity contribution is 0.0188. The Balaban J connectivity index is 1.16. The first-order chi connectivity index (χ1) is 16.6. The van der Waals surface area contributed by atoms with Gasteiger partial charge in [0.2, 0.25) is 0 Å². The maximum absolute atomic E-state index is 12.5. The van der Waals surface area contributed by atoms with E-state index in [1.807, 2.05) is 43.4 Å². The van der Waals surface area contributed by atoms with Crippen molar-refractivity contribution in [1.29, 1.82) is 0 Å². The summed E-state index contributed by atoms with van der Waals surface area (Å²) >= 11 is 0. The van der Waals surface area contributed by atoms with Crippen LogP contribution in [0.15, 0.2) is 65.5 Å². The van der Waals surface area contributed by atoms with Crippen molar-refractivity contribution in [3.63, 3.8) is 0 Å². The van der Waals surface area contributed by atoms with E-state index in [-0.39, 0.29) is 11.6 Å². The SMILES string of the molecule is CNC1(c2cccc(CNC(=O)O[C@@H]3[C@@H](O)CN[C@@H]3Cc3ccc(-c4cnco4)cc3)c2)CC1. The molecule has 2 aromatic carbocycles. The molecule has 34 heavy (non-hydrogen) atoms. The summed E-state index contributed by atoms with van der Waals surface area (Å²) in [6.45, 7) is 0.753. The molecule has 1 amide bonds. The number of nitrogens with one attached hydrogen (secondary N) is 3. The van der Waals surface area contributed by atoms with Gasteiger partial charge in [0.1, 0.15) is 12.2 Å². The molecule has 1 saturated carbocycles. The molecule has 3 aromatic rings. The van der Waals surface area contributed by atoms with Crippen LogP contribution in [0.25, 0.3) is 11.3 Å². The minimum atomic E-state index is -0.752. The molecule has 0 radical (unpaired) electrons. The Labute approximate surface area is 198 Å². The summed E-state index contributed by atoms with van der Waals surface area (Å²) in [4.78, 5) is 16.5. The van der Waals surface area contributed by atoms with E-state index < -0.39 is 18.3 Å². The number of ether oxygens (including phenoxy) is 1. The van der Waals surface area contributed by atoms with Gasteiger partial charge in [-0.25, -0.2) is 9.78 Å². The lowest BCUT2D eigenvalue weighted by Gasteiger charge is -2.22. The zero-order valence-corrected chi connectivity index (χ0v) is 19.2. The molecule has 2 fully saturated rings. The molecule has 1 saturated heterocycles. The second-order valence-corrected chi connectivity index (χ2v) is 9.10. The summed E-state index contributed by atoms with van der Waals surface area (Å²) in [5.41, 5.74) is 4.35. The van der Waals surface area contributed by atoms with Gasteiger partial charge >= 0.3 is 6.09 Å². The minimum Gasteiger partial charge on any atom is -0.444 e. The number of amides is 1. The number of nitrogens with zero attached hydrogens (tertiary/aromatic N) is 1. The maximum Gasteiger partial charge on any atom is 0.407 e. The highest BCUT2D eigenvalue weighted by Gasteiger charge is 2.42. The average molecular weight is 463 g/mol. The van der Waals surface area contributed by atoms with Gasteiger partial charge < -0.3 is 30.2 Å². The third kappa shape index (κ3) is 4.84. The highest BCUT2D eigenvalue weighted by Crippen LogP contribution is 2.45. The normalized spacial score (nSPS) is 22.9. The molecule has 1 aliphatic heterocycles. The predicted octanol–water partition coefficient (Wildman–Crippen LogP) is 2.72. The zero-order chi connectivity index (χ0) is 23.5. The number of alkyl carbamates (subject to hydrolysis) is 1. The highest BCUT2D eigenvalue weighted by atomic mass is 16.6. The Kier molecular flexibility index (Phi) is 6.36. The maximum atomic E-state index is 12.5. The summed E-state index contributed by atoms with van der Waals surface area (Å²) in [6, 6.07) is 16.0. The van der Waals surface area contributed by atoms with Crippen LogP contribution in [0.2, 0.25) is 0 Å². The molecular weight excluding hydrogens is 432 g/mol. The van der Waals surface area contributed by atoms with Crippen LogP contribution in [-0.2, 0) is 23.2 Å². The molecule has 5 rings (SSSR count). The standard InChI is InChI=1S/C26H30N4O4/c1-27-26(9-10-26)20-4-2-3-18(11-20)13-30-25(32)34-24-21(29-14-22(24)31)12-17-5-7-19(8-6-17)23-15-28-16-33-23/h2-8,11,15-16,21-22,24,27,29,31H,9-10,12-14H2,1H3,(H,30,32)/t21-,22+,24+/m1/s1. The van der Waals surface area contributed by atoms with Gasteiger partial charge in [-0.15, -0.1) is 0 Å². The minimum absolute atomic E-state index is 0.0798. The summed E-state index contributed by atoms with van der Waals surface area (Å²) < 4.78 is 11.0. The molecule has 8 nitrogen and oxygen atoms in total. The lowest BCUT2D eigenvalue weighted by atomic mass is 10.00. The number of aliphatic hydroxyl groups is 1. The van der Waals surface area contributed by atoms with E-state index in [0.717, 1.165) is 29.5 Å². The topological polar surface area (TPSA) is 109 Å². The fourth-order valence-electron chi connectivity index (χ4n) is 4.67. The van der Waals surface area contributed by atoms with Crippen molar-refractivity contribution in [3.8, 4) is 11.3 Å². The molecule has 2 aliphatic rings. The molecule has 2 heterocycles. The molecule has 0 unspecified atom stereocenters. The fraction of sp³-hybridized carbons (Fsp3) is 0.385. The largest absolute Gasteiger partial charge is 0.444 e. The molecule has 1 aliphatic carbocycles. The average Bonchev–Trinajstić information content (AvgIpc) is 3.34. The van der Waals surface area contributed by atoms with Crippen LogP contribution in [0, 0.1) is 0 Å². The van der Waals surface area contributed by atoms with Crippen LogP contribution in [0.3, 0.4) is 0 Å². The Hall–Kier alpha value is -3.20. The van der Waals surface area contributed by atoms with E-state index in [4.69, 9.17) is 9.15 Å². The van der Waals surface area contributed by atoms with Gasteiger partial charge in [-0.1, -0.05) is 48.5 Å². The van der Waals surface area contributed by atoms with E-state index in [2.05, 4.69) is 33.1 Å². The third-order valence-electron chi connectivity index (χ3n) is 6.88. The number of aliphatic hydroxyl groups excluding tert-OH is 1. The molecule has 4 N–H and O–H groups in total. The number of hydrogen-bond acceptors (Lipinski definition) is 7. The van der Waals surface area contributed by atoms with Crippen molar-refractivity contribution in [3.05, 3.63) is 77.8 Å². The number of carbonyl (C=O) groups is 1. The Morgan fingerprint density at radius 3 is 2.76 bits per heavy atom. The summed E-state index contributed by atoms with van der Waals surface area (Å²) in [6.07, 6.45) is 4.05. The van der Waals surface area contributed by atoms with Gasteiger partial charge in [0, 0.05) is 24.2 Å². The van der Waals surface area contributed by atoms with E-state index in [1.165, 1.54) is 12.0 Å². The summed E-state index contributed by atoms with van der Waals surface area (Å²) in [5.74, 6) is 0.711. The smallest absolute Gasteiger partial charge is 0.407 e. The molecule has 0 bridgehead atoms. The summed E-state index contributed by atoms with van der Waals surface area (Å²) in [7, 11) is 1.98.